The van der Waals surface area contributed by atoms with E-state index in [9.17, 15) is 4.39 Å². The summed E-state index contributed by atoms with van der Waals surface area (Å²) >= 11 is 0. The molecule has 2 heterocycles. The molecule has 0 atom stereocenters. The van der Waals surface area contributed by atoms with E-state index in [0.29, 0.717) is 11.3 Å². The highest BCUT2D eigenvalue weighted by atomic mass is 19.1. The van der Waals surface area contributed by atoms with Crippen LogP contribution in [0.2, 0.25) is 0 Å². The normalized spacial score (nSPS) is 10.9. The number of para-hydroxylation sites is 1. The number of benzene rings is 1. The minimum absolute atomic E-state index is 0.334. The maximum atomic E-state index is 13.9. The van der Waals surface area contributed by atoms with Crippen molar-refractivity contribution in [2.24, 2.45) is 0 Å². The Labute approximate surface area is 115 Å². The second-order valence-corrected chi connectivity index (χ2v) is 4.39. The zero-order valence-corrected chi connectivity index (χ0v) is 11.0. The Bertz CT molecular complexity index is 737. The van der Waals surface area contributed by atoms with Crippen molar-refractivity contribution >= 4 is 16.9 Å². The van der Waals surface area contributed by atoms with Crippen LogP contribution >= 0.6 is 0 Å². The van der Waals surface area contributed by atoms with Gasteiger partial charge in [0, 0.05) is 6.54 Å². The molecule has 0 spiro atoms. The van der Waals surface area contributed by atoms with E-state index in [4.69, 9.17) is 0 Å². The van der Waals surface area contributed by atoms with Crippen molar-refractivity contribution in [2.75, 3.05) is 11.9 Å². The van der Waals surface area contributed by atoms with E-state index in [-0.39, 0.29) is 5.82 Å². The number of rotatable bonds is 4. The van der Waals surface area contributed by atoms with Gasteiger partial charge in [0.15, 0.2) is 5.65 Å². The van der Waals surface area contributed by atoms with Crippen molar-refractivity contribution in [3.05, 3.63) is 42.6 Å². The Morgan fingerprint density at radius 2 is 2.10 bits per heavy atom. The molecule has 0 saturated heterocycles. The van der Waals surface area contributed by atoms with E-state index in [1.165, 1.54) is 17.1 Å². The minimum atomic E-state index is -0.334. The summed E-state index contributed by atoms with van der Waals surface area (Å²) in [6, 6.07) is 6.49. The second kappa shape index (κ2) is 5.24. The van der Waals surface area contributed by atoms with E-state index >= 15 is 0 Å². The van der Waals surface area contributed by atoms with Crippen molar-refractivity contribution in [3.8, 4) is 5.69 Å². The van der Waals surface area contributed by atoms with Gasteiger partial charge in [-0.3, -0.25) is 0 Å². The van der Waals surface area contributed by atoms with E-state index in [1.807, 2.05) is 0 Å². The Balaban J connectivity index is 2.13. The number of fused-ring (bicyclic) bond motifs is 1. The number of aromatic nitrogens is 4. The van der Waals surface area contributed by atoms with Crippen LogP contribution in [0.15, 0.2) is 36.8 Å². The molecular formula is C14H14FN5. The maximum absolute atomic E-state index is 13.9. The summed E-state index contributed by atoms with van der Waals surface area (Å²) in [7, 11) is 0. The molecule has 5 nitrogen and oxygen atoms in total. The van der Waals surface area contributed by atoms with E-state index < -0.39 is 0 Å². The fraction of sp³-hybridized carbons (Fsp3) is 0.214. The summed E-state index contributed by atoms with van der Waals surface area (Å²) in [5.41, 5.74) is 0.964. The van der Waals surface area contributed by atoms with E-state index in [1.54, 1.807) is 24.4 Å². The molecule has 3 aromatic rings. The molecule has 0 aliphatic heterocycles. The first-order valence-corrected chi connectivity index (χ1v) is 6.48. The molecule has 0 aliphatic carbocycles. The molecule has 1 aromatic carbocycles. The second-order valence-electron chi connectivity index (χ2n) is 4.39. The van der Waals surface area contributed by atoms with Gasteiger partial charge in [0.25, 0.3) is 0 Å². The molecule has 6 heteroatoms. The lowest BCUT2D eigenvalue weighted by Crippen LogP contribution is -2.04. The molecule has 0 radical (unpaired) electrons. The number of halogens is 1. The third-order valence-electron chi connectivity index (χ3n) is 2.99. The van der Waals surface area contributed by atoms with Gasteiger partial charge in [0.2, 0.25) is 0 Å². The van der Waals surface area contributed by atoms with Crippen LogP contribution in [0.1, 0.15) is 13.3 Å². The molecule has 0 bridgehead atoms. The number of hydrogen-bond donors (Lipinski definition) is 1. The molecule has 0 unspecified atom stereocenters. The first-order valence-electron chi connectivity index (χ1n) is 6.48. The Morgan fingerprint density at radius 1 is 1.25 bits per heavy atom. The topological polar surface area (TPSA) is 55.6 Å². The van der Waals surface area contributed by atoms with Crippen LogP contribution < -0.4 is 5.32 Å². The monoisotopic (exact) mass is 271 g/mol. The number of anilines is 1. The van der Waals surface area contributed by atoms with E-state index in [0.717, 1.165) is 24.2 Å². The molecular weight excluding hydrogens is 257 g/mol. The molecule has 3 rings (SSSR count). The summed E-state index contributed by atoms with van der Waals surface area (Å²) < 4.78 is 15.4. The van der Waals surface area contributed by atoms with Gasteiger partial charge in [-0.2, -0.15) is 5.10 Å². The first kappa shape index (κ1) is 12.5. The molecule has 2 aromatic heterocycles. The quantitative estimate of drug-likeness (QED) is 0.792. The lowest BCUT2D eigenvalue weighted by molar-refractivity contribution is 0.612. The molecule has 0 aliphatic rings. The van der Waals surface area contributed by atoms with E-state index in [2.05, 4.69) is 27.3 Å². The number of hydrogen-bond acceptors (Lipinski definition) is 4. The standard InChI is InChI=1S/C14H14FN5/c1-2-7-16-13-10-8-19-20(14(10)18-9-17-13)12-6-4-3-5-11(12)15/h3-6,8-9H,2,7H2,1H3,(H,16,17,18). The van der Waals surface area contributed by atoms with Crippen molar-refractivity contribution < 1.29 is 4.39 Å². The van der Waals surface area contributed by atoms with Crippen LogP contribution in [0.4, 0.5) is 10.2 Å². The van der Waals surface area contributed by atoms with Gasteiger partial charge in [-0.1, -0.05) is 19.1 Å². The van der Waals surface area contributed by atoms with Gasteiger partial charge in [-0.05, 0) is 18.6 Å². The fourth-order valence-electron chi connectivity index (χ4n) is 2.03. The first-order chi connectivity index (χ1) is 9.81. The fourth-order valence-corrected chi connectivity index (χ4v) is 2.03. The average Bonchev–Trinajstić information content (AvgIpc) is 2.90. The number of nitrogens with one attached hydrogen (secondary N) is 1. The highest BCUT2D eigenvalue weighted by Crippen LogP contribution is 2.22. The maximum Gasteiger partial charge on any atom is 0.168 e. The predicted octanol–water partition coefficient (Wildman–Crippen LogP) is 2.78. The predicted molar refractivity (Wildman–Crippen MR) is 75.4 cm³/mol. The molecule has 1 N–H and O–H groups in total. The van der Waals surface area contributed by atoms with Gasteiger partial charge in [0.1, 0.15) is 23.6 Å². The third-order valence-corrected chi connectivity index (χ3v) is 2.99. The molecule has 102 valence electrons. The smallest absolute Gasteiger partial charge is 0.168 e. The largest absolute Gasteiger partial charge is 0.369 e. The lowest BCUT2D eigenvalue weighted by atomic mass is 10.3. The van der Waals surface area contributed by atoms with Crippen molar-refractivity contribution in [2.45, 2.75) is 13.3 Å². The zero-order chi connectivity index (χ0) is 13.9. The molecule has 0 fully saturated rings. The van der Waals surface area contributed by atoms with Crippen molar-refractivity contribution in [3.63, 3.8) is 0 Å². The average molecular weight is 271 g/mol. The van der Waals surface area contributed by atoms with Gasteiger partial charge in [-0.25, -0.2) is 19.0 Å². The summed E-state index contributed by atoms with van der Waals surface area (Å²) in [4.78, 5) is 8.41. The SMILES string of the molecule is CCCNc1ncnc2c1cnn2-c1ccccc1F. The zero-order valence-electron chi connectivity index (χ0n) is 11.0. The van der Waals surface area contributed by atoms with Crippen LogP contribution in [0.25, 0.3) is 16.7 Å². The summed E-state index contributed by atoms with van der Waals surface area (Å²) in [6.45, 7) is 2.89. The van der Waals surface area contributed by atoms with Crippen LogP contribution in [0.3, 0.4) is 0 Å². The van der Waals surface area contributed by atoms with Crippen molar-refractivity contribution in [1.82, 2.24) is 19.7 Å². The summed E-state index contributed by atoms with van der Waals surface area (Å²) in [5.74, 6) is 0.388. The molecule has 0 amide bonds. The Kier molecular flexibility index (Phi) is 3.28. The number of nitrogens with zero attached hydrogens (tertiary/aromatic N) is 4. The van der Waals surface area contributed by atoms with Crippen LogP contribution in [0.5, 0.6) is 0 Å². The van der Waals surface area contributed by atoms with Crippen LogP contribution in [-0.4, -0.2) is 26.3 Å². The minimum Gasteiger partial charge on any atom is -0.369 e. The Hall–Kier alpha value is -2.50. The lowest BCUT2D eigenvalue weighted by Gasteiger charge is -2.06. The third kappa shape index (κ3) is 2.09. The highest BCUT2D eigenvalue weighted by molar-refractivity contribution is 5.87. The van der Waals surface area contributed by atoms with Crippen molar-refractivity contribution in [1.29, 1.82) is 0 Å². The van der Waals surface area contributed by atoms with Crippen LogP contribution in [-0.2, 0) is 0 Å². The van der Waals surface area contributed by atoms with Gasteiger partial charge in [-0.15, -0.1) is 0 Å². The summed E-state index contributed by atoms with van der Waals surface area (Å²) in [6.07, 6.45) is 4.10. The van der Waals surface area contributed by atoms with Gasteiger partial charge < -0.3 is 5.32 Å². The van der Waals surface area contributed by atoms with Gasteiger partial charge in [0.05, 0.1) is 11.6 Å². The van der Waals surface area contributed by atoms with Crippen LogP contribution in [0, 0.1) is 5.82 Å². The highest BCUT2D eigenvalue weighted by Gasteiger charge is 2.12. The van der Waals surface area contributed by atoms with Gasteiger partial charge >= 0.3 is 0 Å². The molecule has 20 heavy (non-hydrogen) atoms. The summed E-state index contributed by atoms with van der Waals surface area (Å²) in [5, 5.41) is 8.23. The Morgan fingerprint density at radius 3 is 2.90 bits per heavy atom. The molecule has 0 saturated carbocycles.